The van der Waals surface area contributed by atoms with Gasteiger partial charge in [0.15, 0.2) is 9.84 Å². The summed E-state index contributed by atoms with van der Waals surface area (Å²) in [6.07, 6.45) is 0.131. The van der Waals surface area contributed by atoms with E-state index in [1.165, 1.54) is 0 Å². The molecule has 1 aliphatic rings. The highest BCUT2D eigenvalue weighted by molar-refractivity contribution is 7.92. The lowest BCUT2D eigenvalue weighted by atomic mass is 10.1. The van der Waals surface area contributed by atoms with E-state index in [1.54, 1.807) is 24.3 Å². The highest BCUT2D eigenvalue weighted by atomic mass is 32.2. The number of sulfone groups is 1. The van der Waals surface area contributed by atoms with E-state index in [4.69, 9.17) is 0 Å². The second-order valence-corrected chi connectivity index (χ2v) is 5.63. The van der Waals surface area contributed by atoms with Crippen LogP contribution in [0.5, 0.6) is 0 Å². The minimum Gasteiger partial charge on any atom is -0.299 e. The summed E-state index contributed by atoms with van der Waals surface area (Å²) in [5.74, 6) is -0.481. The van der Waals surface area contributed by atoms with E-state index in [1.807, 2.05) is 6.07 Å². The molecule has 1 aromatic rings. The molecule has 1 heterocycles. The molecule has 0 aromatic heterocycles. The van der Waals surface area contributed by atoms with Gasteiger partial charge in [-0.3, -0.25) is 4.79 Å². The fraction of sp³-hybridized carbons (Fsp3) is 0.300. The summed E-state index contributed by atoms with van der Waals surface area (Å²) in [7, 11) is -3.24. The lowest BCUT2D eigenvalue weighted by molar-refractivity contribution is -0.116. The first-order valence-corrected chi connectivity index (χ1v) is 6.09. The summed E-state index contributed by atoms with van der Waals surface area (Å²) < 4.78 is 23.1. The van der Waals surface area contributed by atoms with E-state index < -0.39 is 15.1 Å². The van der Waals surface area contributed by atoms with Crippen molar-refractivity contribution < 1.29 is 13.2 Å². The molecule has 0 bridgehead atoms. The number of Topliss-reactive ketones (excluding diaryl/α,β-unsaturated/α-hetero) is 1. The van der Waals surface area contributed by atoms with Crippen molar-refractivity contribution in [2.24, 2.45) is 0 Å². The van der Waals surface area contributed by atoms with Gasteiger partial charge in [-0.15, -0.1) is 0 Å². The Hall–Kier alpha value is -1.16. The molecule has 1 atom stereocenters. The first-order chi connectivity index (χ1) is 6.59. The van der Waals surface area contributed by atoms with Crippen LogP contribution in [0.4, 0.5) is 0 Å². The molecule has 0 spiro atoms. The van der Waals surface area contributed by atoms with Crippen molar-refractivity contribution in [2.75, 3.05) is 5.75 Å². The van der Waals surface area contributed by atoms with Crippen LogP contribution in [0.1, 0.15) is 17.2 Å². The van der Waals surface area contributed by atoms with E-state index in [0.29, 0.717) is 0 Å². The molecule has 3 nitrogen and oxygen atoms in total. The molecule has 0 aliphatic carbocycles. The number of hydrogen-bond acceptors (Lipinski definition) is 3. The number of rotatable bonds is 1. The van der Waals surface area contributed by atoms with Crippen molar-refractivity contribution in [2.45, 2.75) is 11.7 Å². The third-order valence-electron chi connectivity index (χ3n) is 2.38. The third kappa shape index (κ3) is 1.57. The fourth-order valence-corrected chi connectivity index (χ4v) is 3.49. The quantitative estimate of drug-likeness (QED) is 0.697. The zero-order chi connectivity index (χ0) is 10.2. The second kappa shape index (κ2) is 3.20. The van der Waals surface area contributed by atoms with Crippen molar-refractivity contribution in [3.05, 3.63) is 35.9 Å². The summed E-state index contributed by atoms with van der Waals surface area (Å²) in [4.78, 5) is 11.1. The van der Waals surface area contributed by atoms with E-state index >= 15 is 0 Å². The molecule has 1 aliphatic heterocycles. The Morgan fingerprint density at radius 1 is 1.14 bits per heavy atom. The minimum atomic E-state index is -3.24. The van der Waals surface area contributed by atoms with Crippen LogP contribution in [0.25, 0.3) is 0 Å². The molecule has 4 heteroatoms. The molecule has 0 amide bonds. The maximum atomic E-state index is 11.6. The maximum Gasteiger partial charge on any atom is 0.164 e. The van der Waals surface area contributed by atoms with Crippen LogP contribution < -0.4 is 0 Å². The maximum absolute atomic E-state index is 11.6. The van der Waals surface area contributed by atoms with Crippen molar-refractivity contribution in [3.63, 3.8) is 0 Å². The first kappa shape index (κ1) is 9.40. The van der Waals surface area contributed by atoms with Crippen LogP contribution in [-0.4, -0.2) is 20.0 Å². The molecule has 0 radical (unpaired) electrons. The van der Waals surface area contributed by atoms with Crippen LogP contribution in [-0.2, 0) is 14.6 Å². The van der Waals surface area contributed by atoms with Crippen LogP contribution in [0.2, 0.25) is 0 Å². The number of carbonyl (C=O) groups is 1. The topological polar surface area (TPSA) is 51.2 Å². The molecule has 14 heavy (non-hydrogen) atoms. The summed E-state index contributed by atoms with van der Waals surface area (Å²) >= 11 is 0. The highest BCUT2D eigenvalue weighted by Crippen LogP contribution is 2.32. The van der Waals surface area contributed by atoms with Crippen molar-refractivity contribution in [3.8, 4) is 0 Å². The zero-order valence-corrected chi connectivity index (χ0v) is 8.33. The molecule has 0 saturated carbocycles. The Balaban J connectivity index is 2.42. The monoisotopic (exact) mass is 210 g/mol. The van der Waals surface area contributed by atoms with Gasteiger partial charge in [0.1, 0.15) is 11.5 Å². The van der Waals surface area contributed by atoms with Gasteiger partial charge in [-0.1, -0.05) is 30.3 Å². The predicted octanol–water partition coefficient (Wildman–Crippen LogP) is 1.12. The van der Waals surface area contributed by atoms with Gasteiger partial charge in [0.25, 0.3) is 0 Å². The lowest BCUT2D eigenvalue weighted by Gasteiger charge is -2.07. The number of carbonyl (C=O) groups excluding carboxylic acids is 1. The summed E-state index contributed by atoms with van der Waals surface area (Å²) in [5, 5.41) is -0.615. The third-order valence-corrected chi connectivity index (χ3v) is 4.41. The summed E-state index contributed by atoms with van der Waals surface area (Å²) in [5.41, 5.74) is 0.721. The van der Waals surface area contributed by atoms with Gasteiger partial charge in [0.05, 0.1) is 5.25 Å². The molecular formula is C10H10O3S. The van der Waals surface area contributed by atoms with Crippen LogP contribution in [0.15, 0.2) is 30.3 Å². The van der Waals surface area contributed by atoms with Gasteiger partial charge in [0.2, 0.25) is 0 Å². The van der Waals surface area contributed by atoms with Gasteiger partial charge < -0.3 is 0 Å². The van der Waals surface area contributed by atoms with Gasteiger partial charge in [-0.05, 0) is 5.56 Å². The largest absolute Gasteiger partial charge is 0.299 e. The standard InChI is InChI=1S/C10H10O3S/c11-9-6-10(14(12,13)7-9)8-4-2-1-3-5-8/h1-5,10H,6-7H2. The lowest BCUT2D eigenvalue weighted by Crippen LogP contribution is -2.08. The summed E-state index contributed by atoms with van der Waals surface area (Å²) in [6.45, 7) is 0. The average Bonchev–Trinajstić information content (AvgIpc) is 2.41. The number of hydrogen-bond donors (Lipinski definition) is 0. The SMILES string of the molecule is O=C1CC(c2ccccc2)S(=O)(=O)C1. The number of ketones is 1. The minimum absolute atomic E-state index is 0.131. The summed E-state index contributed by atoms with van der Waals surface area (Å²) in [6, 6.07) is 8.90. The molecule has 1 aromatic carbocycles. The normalized spacial score (nSPS) is 25.1. The van der Waals surface area contributed by atoms with Crippen LogP contribution in [0.3, 0.4) is 0 Å². The van der Waals surface area contributed by atoms with Crippen LogP contribution >= 0.6 is 0 Å². The Morgan fingerprint density at radius 3 is 2.29 bits per heavy atom. The Bertz CT molecular complexity index is 448. The molecular weight excluding hydrogens is 200 g/mol. The Labute approximate surface area is 82.7 Å². The van der Waals surface area contributed by atoms with Crippen molar-refractivity contribution >= 4 is 15.6 Å². The smallest absolute Gasteiger partial charge is 0.164 e. The zero-order valence-electron chi connectivity index (χ0n) is 7.51. The van der Waals surface area contributed by atoms with E-state index in [2.05, 4.69) is 0 Å². The molecule has 1 saturated heterocycles. The molecule has 1 fully saturated rings. The number of benzene rings is 1. The Kier molecular flexibility index (Phi) is 2.15. The molecule has 2 rings (SSSR count). The van der Waals surface area contributed by atoms with Crippen molar-refractivity contribution in [1.29, 1.82) is 0 Å². The van der Waals surface area contributed by atoms with E-state index in [9.17, 15) is 13.2 Å². The second-order valence-electron chi connectivity index (χ2n) is 3.45. The molecule has 1 unspecified atom stereocenters. The van der Waals surface area contributed by atoms with Gasteiger partial charge >= 0.3 is 0 Å². The predicted molar refractivity (Wildman–Crippen MR) is 52.6 cm³/mol. The molecule has 0 N–H and O–H groups in total. The van der Waals surface area contributed by atoms with Gasteiger partial charge in [-0.2, -0.15) is 0 Å². The Morgan fingerprint density at radius 2 is 1.79 bits per heavy atom. The van der Waals surface area contributed by atoms with Crippen LogP contribution in [0, 0.1) is 0 Å². The van der Waals surface area contributed by atoms with E-state index in [-0.39, 0.29) is 18.0 Å². The van der Waals surface area contributed by atoms with Crippen molar-refractivity contribution in [1.82, 2.24) is 0 Å². The average molecular weight is 210 g/mol. The van der Waals surface area contributed by atoms with Gasteiger partial charge in [0, 0.05) is 6.42 Å². The van der Waals surface area contributed by atoms with E-state index in [0.717, 1.165) is 5.56 Å². The van der Waals surface area contributed by atoms with Gasteiger partial charge in [-0.25, -0.2) is 8.42 Å². The molecule has 74 valence electrons. The fourth-order valence-electron chi connectivity index (χ4n) is 1.71. The highest BCUT2D eigenvalue weighted by Gasteiger charge is 2.37. The first-order valence-electron chi connectivity index (χ1n) is 4.38.